The molecule has 2 rings (SSSR count). The van der Waals surface area contributed by atoms with Crippen molar-refractivity contribution in [1.82, 2.24) is 74.4 Å². The number of phenols is 2. The second kappa shape index (κ2) is 54.9. The van der Waals surface area contributed by atoms with Crippen molar-refractivity contribution in [2.24, 2.45) is 41.2 Å². The van der Waals surface area contributed by atoms with E-state index in [2.05, 4.69) is 74.4 Å². The fourth-order valence-corrected chi connectivity index (χ4v) is 12.6. The zero-order valence-corrected chi connectivity index (χ0v) is 72.7. The number of hydrogen-bond acceptors (Lipinski definition) is 24. The van der Waals surface area contributed by atoms with Gasteiger partial charge >= 0.3 is 29.8 Å². The number of carbonyl (C=O) groups is 20. The summed E-state index contributed by atoms with van der Waals surface area (Å²) < 4.78 is 0. The van der Waals surface area contributed by atoms with E-state index in [1.807, 2.05) is 0 Å². The van der Waals surface area contributed by atoms with Crippen LogP contribution in [0, 0.1) is 35.5 Å². The number of rotatable bonds is 59. The molecule has 44 heteroatoms. The number of aliphatic hydroxyl groups excluding tert-OH is 2. The van der Waals surface area contributed by atoms with E-state index in [0.29, 0.717) is 0 Å². The zero-order chi connectivity index (χ0) is 95.7. The Balaban J connectivity index is 2.45. The van der Waals surface area contributed by atoms with Gasteiger partial charge in [0.2, 0.25) is 76.8 Å². The average molecular weight is 1780 g/mol. The van der Waals surface area contributed by atoms with Crippen LogP contribution >= 0.6 is 0 Å². The van der Waals surface area contributed by atoms with E-state index in [0.717, 1.165) is 0 Å². The summed E-state index contributed by atoms with van der Waals surface area (Å²) in [4.78, 5) is 267. The number of hydrogen-bond donors (Lipinski definition) is 24. The van der Waals surface area contributed by atoms with E-state index < -0.39 is 286 Å². The van der Waals surface area contributed by atoms with Crippen LogP contribution in [0.4, 0.5) is 0 Å². The van der Waals surface area contributed by atoms with Crippen LogP contribution in [0.15, 0.2) is 48.5 Å². The molecule has 0 aromatic heterocycles. The van der Waals surface area contributed by atoms with Gasteiger partial charge in [0.15, 0.2) is 12.2 Å². The third kappa shape index (κ3) is 43.1. The summed E-state index contributed by atoms with van der Waals surface area (Å²) in [5.74, 6) is -26.5. The summed E-state index contributed by atoms with van der Waals surface area (Å²) in [5.41, 5.74) is 5.91. The molecule has 0 aliphatic rings. The van der Waals surface area contributed by atoms with Crippen LogP contribution in [0.1, 0.15) is 184 Å². The molecule has 126 heavy (non-hydrogen) atoms. The molecule has 0 radical (unpaired) electrons. The second-order valence-corrected chi connectivity index (χ2v) is 33.2. The fourth-order valence-electron chi connectivity index (χ4n) is 12.6. The van der Waals surface area contributed by atoms with Crippen molar-refractivity contribution in [1.29, 1.82) is 0 Å². The minimum atomic E-state index is -2.81. The molecule has 44 nitrogen and oxygen atoms in total. The number of primary amides is 1. The third-order valence-corrected chi connectivity index (χ3v) is 18.9. The SMILES string of the molecule is CC(C)C[C@H](NC(=O)[C@H](CCC(=O)O)NC(=O)[C@H](CC(C)C)NC(=O)[C@H](CC(C)C)NC(=O)[C@H](CCC(=O)O)NC(=O)CNC(=O)[C@H](Cc1ccc(O)cc1)NC(=O)C(O)C(O)C(=O)N[C@@H](Cc1ccc(O)cc1)C(=O)NCC(=O)N[C@@H](CCC(=O)O)C(=O)N[C@@H](CC(C)C)C(=O)N[C@@H](CC(C)C)C(=O)N[C@@H](CCC(=O)O)C(=O)N[C@@H](CC(C)C)C(=O)O)C(N)=O. The number of nitrogens with one attached hydrogen (secondary N) is 14. The van der Waals surface area contributed by atoms with Gasteiger partial charge in [0.05, 0.1) is 13.1 Å². The molecule has 25 N–H and O–H groups in total. The maximum absolute atomic E-state index is 14.2. The average Bonchev–Trinajstić information content (AvgIpc) is 0.856. The highest BCUT2D eigenvalue weighted by atomic mass is 16.4. The molecule has 0 heterocycles. The predicted octanol–water partition coefficient (Wildman–Crippen LogP) is -3.04. The van der Waals surface area contributed by atoms with Gasteiger partial charge in [-0.15, -0.1) is 0 Å². The number of amides is 15. The number of carboxylic acid groups (broad SMARTS) is 5. The van der Waals surface area contributed by atoms with Crippen LogP contribution in [0.5, 0.6) is 11.5 Å². The first kappa shape index (κ1) is 109. The number of aliphatic carboxylic acids is 5. The van der Waals surface area contributed by atoms with E-state index in [1.165, 1.54) is 48.5 Å². The van der Waals surface area contributed by atoms with Crippen molar-refractivity contribution in [3.05, 3.63) is 59.7 Å². The Morgan fingerprint density at radius 3 is 0.714 bits per heavy atom. The largest absolute Gasteiger partial charge is 0.508 e. The summed E-state index contributed by atoms with van der Waals surface area (Å²) in [7, 11) is 0. The Labute approximate surface area is 727 Å². The van der Waals surface area contributed by atoms with Gasteiger partial charge in [-0.05, 0) is 135 Å². The highest BCUT2D eigenvalue weighted by Gasteiger charge is 2.40. The van der Waals surface area contributed by atoms with Crippen LogP contribution in [0.25, 0.3) is 0 Å². The molecule has 15 amide bonds. The standard InChI is InChI=1S/C82H125N15O29/c1-39(2)29-53(69(83)112)90-74(117)51(23-27-65(106)107)88-76(119)54(30-40(3)4)93-78(121)56(32-42(7)8)91-72(115)49(21-25-63(102)103)86-61(100)37-84-70(113)58(35-45-13-17-47(98)18-14-45)95-80(123)67(110)68(111)81(124)96-59(36-46-15-19-48(99)20-16-46)71(114)85-38-62(101)87-50(22-26-64(104)105)73(116)92-57(33-43(9)10)79(122)94-55(31-41(5)6)77(120)89-52(24-28-66(108)109)75(118)97-60(82(125)126)34-44(11)12/h13-20,39-44,49-60,67-68,98-99,110-111H,21-38H2,1-12H3,(H2,83,112)(H,84,113)(H,85,114)(H,86,100)(H,87,101)(H,88,119)(H,89,120)(H,90,117)(H,91,115)(H,92,116)(H,93,121)(H,94,122)(H,95,123)(H,96,124)(H,97,118)(H,102,103)(H,104,105)(H,106,107)(H,108,109)(H,125,126)/t49-,50-,51-,52-,53-,54-,55-,56-,57-,58-,59-,60-,67?,68?/m0/s1. The molecule has 0 aliphatic heterocycles. The molecular formula is C82H125N15O29. The monoisotopic (exact) mass is 1780 g/mol. The first-order valence-electron chi connectivity index (χ1n) is 41.2. The normalized spacial score (nSPS) is 14.6. The third-order valence-electron chi connectivity index (χ3n) is 18.9. The maximum atomic E-state index is 14.2. The maximum Gasteiger partial charge on any atom is 0.326 e. The van der Waals surface area contributed by atoms with Gasteiger partial charge < -0.3 is 126 Å². The zero-order valence-electron chi connectivity index (χ0n) is 72.7. The fraction of sp³-hybridized carbons (Fsp3) is 0.610. The van der Waals surface area contributed by atoms with Crippen LogP contribution in [0.3, 0.4) is 0 Å². The number of nitrogens with two attached hydrogens (primary N) is 1. The summed E-state index contributed by atoms with van der Waals surface area (Å²) in [5, 5.41) is 124. The molecule has 14 atom stereocenters. The Bertz CT molecular complexity index is 3830. The van der Waals surface area contributed by atoms with Crippen molar-refractivity contribution in [3.8, 4) is 11.5 Å². The van der Waals surface area contributed by atoms with Gasteiger partial charge in [0.1, 0.15) is 84.0 Å². The molecule has 702 valence electrons. The highest BCUT2D eigenvalue weighted by molar-refractivity contribution is 6.01. The predicted molar refractivity (Wildman–Crippen MR) is 446 cm³/mol. The smallest absolute Gasteiger partial charge is 0.326 e. The van der Waals surface area contributed by atoms with E-state index in [1.54, 1.807) is 83.1 Å². The first-order chi connectivity index (χ1) is 58.7. The van der Waals surface area contributed by atoms with Gasteiger partial charge in [-0.3, -0.25) is 91.1 Å². The quantitative estimate of drug-likeness (QED) is 0.0313. The van der Waals surface area contributed by atoms with Crippen molar-refractivity contribution >= 4 is 118 Å². The molecule has 0 bridgehead atoms. The number of aliphatic hydroxyl groups is 2. The summed E-state index contributed by atoms with van der Waals surface area (Å²) in [6.45, 7) is 18.1. The Hall–Kier alpha value is -12.6. The van der Waals surface area contributed by atoms with Crippen molar-refractivity contribution in [2.75, 3.05) is 13.1 Å². The molecule has 2 aromatic rings. The van der Waals surface area contributed by atoms with Gasteiger partial charge in [0, 0.05) is 38.5 Å². The van der Waals surface area contributed by atoms with E-state index in [9.17, 15) is 142 Å². The lowest BCUT2D eigenvalue weighted by molar-refractivity contribution is -0.148. The molecule has 2 aromatic carbocycles. The summed E-state index contributed by atoms with van der Waals surface area (Å²) in [6.07, 6.45) is -12.1. The van der Waals surface area contributed by atoms with E-state index >= 15 is 0 Å². The number of benzene rings is 2. The molecule has 0 aliphatic carbocycles. The van der Waals surface area contributed by atoms with Crippen molar-refractivity contribution < 1.29 is 142 Å². The second-order valence-electron chi connectivity index (χ2n) is 33.2. The Morgan fingerprint density at radius 1 is 0.270 bits per heavy atom. The lowest BCUT2D eigenvalue weighted by atomic mass is 9.99. The Morgan fingerprint density at radius 2 is 0.476 bits per heavy atom. The van der Waals surface area contributed by atoms with Crippen LogP contribution < -0.4 is 80.2 Å². The molecule has 0 saturated carbocycles. The van der Waals surface area contributed by atoms with Crippen LogP contribution in [0.2, 0.25) is 0 Å². The van der Waals surface area contributed by atoms with Crippen LogP contribution in [-0.2, 0) is 109 Å². The van der Waals surface area contributed by atoms with Gasteiger partial charge in [-0.2, -0.15) is 0 Å². The van der Waals surface area contributed by atoms with Gasteiger partial charge in [0.25, 0.3) is 11.8 Å². The molecular weight excluding hydrogens is 1660 g/mol. The Kier molecular flexibility index (Phi) is 47.7. The van der Waals surface area contributed by atoms with Crippen molar-refractivity contribution in [3.63, 3.8) is 0 Å². The van der Waals surface area contributed by atoms with Crippen LogP contribution in [-0.4, -0.2) is 262 Å². The number of carboxylic acids is 5. The molecule has 2 unspecified atom stereocenters. The minimum absolute atomic E-state index is 0.0264. The minimum Gasteiger partial charge on any atom is -0.508 e. The van der Waals surface area contributed by atoms with E-state index in [4.69, 9.17) is 5.73 Å². The molecule has 0 spiro atoms. The summed E-state index contributed by atoms with van der Waals surface area (Å²) in [6, 6.07) is -9.14. The van der Waals surface area contributed by atoms with Gasteiger partial charge in [-0.25, -0.2) is 4.79 Å². The number of aromatic hydroxyl groups is 2. The summed E-state index contributed by atoms with van der Waals surface area (Å²) >= 11 is 0. The lowest BCUT2D eigenvalue weighted by Gasteiger charge is -2.28. The molecule has 0 saturated heterocycles. The first-order valence-corrected chi connectivity index (χ1v) is 41.2. The topological polar surface area (TPSA) is 718 Å². The van der Waals surface area contributed by atoms with Crippen molar-refractivity contribution in [2.45, 2.75) is 271 Å². The van der Waals surface area contributed by atoms with E-state index in [-0.39, 0.29) is 90.7 Å². The lowest BCUT2D eigenvalue weighted by Crippen LogP contribution is -2.60. The highest BCUT2D eigenvalue weighted by Crippen LogP contribution is 2.19. The molecule has 0 fully saturated rings. The number of carbonyl (C=O) groups excluding carboxylic acids is 15. The number of phenolic OH excluding ortho intramolecular Hbond substituents is 2. The van der Waals surface area contributed by atoms with Gasteiger partial charge in [-0.1, -0.05) is 107 Å².